The summed E-state index contributed by atoms with van der Waals surface area (Å²) in [6.45, 7) is 4.03. The summed E-state index contributed by atoms with van der Waals surface area (Å²) >= 11 is 0. The number of carbonyl (C=O) groups is 1. The molecule has 6 heteroatoms. The predicted molar refractivity (Wildman–Crippen MR) is 81.4 cm³/mol. The Bertz CT molecular complexity index is 641. The molecule has 0 radical (unpaired) electrons. The second kappa shape index (κ2) is 5.67. The molecule has 1 unspecified atom stereocenters. The Morgan fingerprint density at radius 3 is 2.67 bits per heavy atom. The number of aliphatic carboxylic acids is 1. The summed E-state index contributed by atoms with van der Waals surface area (Å²) in [5, 5.41) is 9.51. The molecule has 0 amide bonds. The van der Waals surface area contributed by atoms with Gasteiger partial charge in [0.25, 0.3) is 0 Å². The third kappa shape index (κ3) is 2.77. The monoisotopic (exact) mass is 311 g/mol. The van der Waals surface area contributed by atoms with E-state index in [2.05, 4.69) is 0 Å². The molecule has 116 valence electrons. The molecule has 1 aromatic rings. The van der Waals surface area contributed by atoms with E-state index in [1.54, 1.807) is 36.1 Å². The molecule has 1 saturated heterocycles. The standard InChI is InChI=1S/C15H21NO4S/c1-3-11-21(19,20)13-8-5-4-7-12(13)16-10-6-9-15(16,2)14(17)18/h4-5,7-8H,3,6,9-11H2,1-2H3,(H,17,18). The summed E-state index contributed by atoms with van der Waals surface area (Å²) in [4.78, 5) is 13.6. The lowest BCUT2D eigenvalue weighted by Gasteiger charge is -2.34. The van der Waals surface area contributed by atoms with E-state index in [0.717, 1.165) is 6.42 Å². The molecular formula is C15H21NO4S. The fourth-order valence-corrected chi connectivity index (χ4v) is 4.43. The molecule has 1 aliphatic rings. The van der Waals surface area contributed by atoms with Gasteiger partial charge in [-0.2, -0.15) is 0 Å². The molecule has 1 aliphatic heterocycles. The number of carboxylic acid groups (broad SMARTS) is 1. The number of carboxylic acids is 1. The highest BCUT2D eigenvalue weighted by molar-refractivity contribution is 7.91. The number of para-hydroxylation sites is 1. The number of sulfone groups is 1. The number of hydrogen-bond donors (Lipinski definition) is 1. The van der Waals surface area contributed by atoms with Crippen molar-refractivity contribution in [3.8, 4) is 0 Å². The van der Waals surface area contributed by atoms with Gasteiger partial charge in [-0.15, -0.1) is 0 Å². The van der Waals surface area contributed by atoms with E-state index in [4.69, 9.17) is 0 Å². The second-order valence-electron chi connectivity index (χ2n) is 5.62. The van der Waals surface area contributed by atoms with E-state index in [1.807, 2.05) is 6.92 Å². The molecule has 1 fully saturated rings. The molecule has 0 saturated carbocycles. The first-order valence-electron chi connectivity index (χ1n) is 7.16. The summed E-state index contributed by atoms with van der Waals surface area (Å²) in [6, 6.07) is 6.71. The predicted octanol–water partition coefficient (Wildman–Crippen LogP) is 2.31. The van der Waals surface area contributed by atoms with Gasteiger partial charge in [-0.25, -0.2) is 13.2 Å². The lowest BCUT2D eigenvalue weighted by Crippen LogP contribution is -2.48. The van der Waals surface area contributed by atoms with E-state index in [-0.39, 0.29) is 10.6 Å². The van der Waals surface area contributed by atoms with Crippen molar-refractivity contribution < 1.29 is 18.3 Å². The van der Waals surface area contributed by atoms with E-state index >= 15 is 0 Å². The largest absolute Gasteiger partial charge is 0.480 e. The minimum atomic E-state index is -3.39. The number of nitrogens with zero attached hydrogens (tertiary/aromatic N) is 1. The van der Waals surface area contributed by atoms with Gasteiger partial charge >= 0.3 is 5.97 Å². The molecule has 1 aromatic carbocycles. The van der Waals surface area contributed by atoms with Crippen LogP contribution in [0.25, 0.3) is 0 Å². The number of hydrogen-bond acceptors (Lipinski definition) is 4. The minimum Gasteiger partial charge on any atom is -0.480 e. The quantitative estimate of drug-likeness (QED) is 0.903. The van der Waals surface area contributed by atoms with Gasteiger partial charge in [0.2, 0.25) is 0 Å². The molecule has 0 aliphatic carbocycles. The van der Waals surface area contributed by atoms with Crippen LogP contribution < -0.4 is 4.90 Å². The van der Waals surface area contributed by atoms with Crippen molar-refractivity contribution in [2.45, 2.75) is 43.5 Å². The molecular weight excluding hydrogens is 290 g/mol. The van der Waals surface area contributed by atoms with Gasteiger partial charge in [0, 0.05) is 6.54 Å². The highest BCUT2D eigenvalue weighted by Crippen LogP contribution is 2.38. The Balaban J connectivity index is 2.53. The average Bonchev–Trinajstić information content (AvgIpc) is 2.82. The van der Waals surface area contributed by atoms with E-state index in [0.29, 0.717) is 25.1 Å². The summed E-state index contributed by atoms with van der Waals surface area (Å²) < 4.78 is 24.8. The maximum atomic E-state index is 12.4. The minimum absolute atomic E-state index is 0.0711. The second-order valence-corrected chi connectivity index (χ2v) is 7.70. The fraction of sp³-hybridized carbons (Fsp3) is 0.533. The molecule has 0 bridgehead atoms. The van der Waals surface area contributed by atoms with Crippen LogP contribution in [0.3, 0.4) is 0 Å². The summed E-state index contributed by atoms with van der Waals surface area (Å²) in [7, 11) is -3.39. The van der Waals surface area contributed by atoms with Gasteiger partial charge in [-0.3, -0.25) is 0 Å². The van der Waals surface area contributed by atoms with Crippen molar-refractivity contribution in [2.24, 2.45) is 0 Å². The topological polar surface area (TPSA) is 74.7 Å². The van der Waals surface area contributed by atoms with Crippen LogP contribution in [0.2, 0.25) is 0 Å². The molecule has 21 heavy (non-hydrogen) atoms. The smallest absolute Gasteiger partial charge is 0.329 e. The van der Waals surface area contributed by atoms with Gasteiger partial charge in [-0.05, 0) is 38.3 Å². The van der Waals surface area contributed by atoms with Crippen molar-refractivity contribution in [3.05, 3.63) is 24.3 Å². The van der Waals surface area contributed by atoms with Crippen LogP contribution in [-0.2, 0) is 14.6 Å². The van der Waals surface area contributed by atoms with Crippen LogP contribution >= 0.6 is 0 Å². The van der Waals surface area contributed by atoms with Crippen molar-refractivity contribution in [2.75, 3.05) is 17.2 Å². The van der Waals surface area contributed by atoms with E-state index in [1.165, 1.54) is 0 Å². The molecule has 0 spiro atoms. The van der Waals surface area contributed by atoms with Crippen molar-refractivity contribution in [1.29, 1.82) is 0 Å². The van der Waals surface area contributed by atoms with Gasteiger partial charge in [-0.1, -0.05) is 19.1 Å². The van der Waals surface area contributed by atoms with Crippen LogP contribution in [0.4, 0.5) is 5.69 Å². The van der Waals surface area contributed by atoms with Crippen LogP contribution in [0.5, 0.6) is 0 Å². The van der Waals surface area contributed by atoms with E-state index in [9.17, 15) is 18.3 Å². The first-order valence-corrected chi connectivity index (χ1v) is 8.81. The zero-order valence-electron chi connectivity index (χ0n) is 12.4. The fourth-order valence-electron chi connectivity index (χ4n) is 2.89. The molecule has 1 heterocycles. The first-order chi connectivity index (χ1) is 9.83. The number of rotatable bonds is 5. The van der Waals surface area contributed by atoms with Gasteiger partial charge < -0.3 is 10.0 Å². The summed E-state index contributed by atoms with van der Waals surface area (Å²) in [6.07, 6.45) is 1.79. The lowest BCUT2D eigenvalue weighted by molar-refractivity contribution is -0.142. The van der Waals surface area contributed by atoms with Crippen LogP contribution in [-0.4, -0.2) is 37.3 Å². The molecule has 1 atom stereocenters. The van der Waals surface area contributed by atoms with Crippen LogP contribution in [0, 0.1) is 0 Å². The lowest BCUT2D eigenvalue weighted by atomic mass is 9.99. The average molecular weight is 311 g/mol. The maximum Gasteiger partial charge on any atom is 0.329 e. The Hall–Kier alpha value is -1.56. The zero-order chi connectivity index (χ0) is 15.7. The third-order valence-corrected chi connectivity index (χ3v) is 6.03. The van der Waals surface area contributed by atoms with Crippen LogP contribution in [0.15, 0.2) is 29.2 Å². The Kier molecular flexibility index (Phi) is 4.27. The van der Waals surface area contributed by atoms with Crippen LogP contribution in [0.1, 0.15) is 33.1 Å². The van der Waals surface area contributed by atoms with Gasteiger partial charge in [0.15, 0.2) is 9.84 Å². The Morgan fingerprint density at radius 2 is 2.05 bits per heavy atom. The normalized spacial score (nSPS) is 22.5. The van der Waals surface area contributed by atoms with Gasteiger partial charge in [0.1, 0.15) is 5.54 Å². The van der Waals surface area contributed by atoms with Crippen molar-refractivity contribution in [1.82, 2.24) is 0 Å². The van der Waals surface area contributed by atoms with Crippen molar-refractivity contribution >= 4 is 21.5 Å². The van der Waals surface area contributed by atoms with E-state index < -0.39 is 21.3 Å². The Labute approximate surface area is 125 Å². The first kappa shape index (κ1) is 15.8. The molecule has 1 N–H and O–H groups in total. The molecule has 2 rings (SSSR count). The SMILES string of the molecule is CCCS(=O)(=O)c1ccccc1N1CCCC1(C)C(=O)O. The maximum absolute atomic E-state index is 12.4. The number of benzene rings is 1. The molecule has 0 aromatic heterocycles. The zero-order valence-corrected chi connectivity index (χ0v) is 13.2. The van der Waals surface area contributed by atoms with Crippen molar-refractivity contribution in [3.63, 3.8) is 0 Å². The number of anilines is 1. The Morgan fingerprint density at radius 1 is 1.38 bits per heavy atom. The highest BCUT2D eigenvalue weighted by Gasteiger charge is 2.44. The summed E-state index contributed by atoms with van der Waals surface area (Å²) in [5.74, 6) is -0.843. The molecule has 5 nitrogen and oxygen atoms in total. The summed E-state index contributed by atoms with van der Waals surface area (Å²) in [5.41, 5.74) is -0.536. The van der Waals surface area contributed by atoms with Gasteiger partial charge in [0.05, 0.1) is 16.3 Å². The highest BCUT2D eigenvalue weighted by atomic mass is 32.2. The third-order valence-electron chi connectivity index (χ3n) is 4.07.